The van der Waals surface area contributed by atoms with Crippen molar-refractivity contribution in [2.24, 2.45) is 4.99 Å². The maximum atomic E-state index is 5.69. The number of aryl methyl sites for hydroxylation is 1. The van der Waals surface area contributed by atoms with E-state index in [2.05, 4.69) is 34.2 Å². The molecule has 0 radical (unpaired) electrons. The highest BCUT2D eigenvalue weighted by molar-refractivity contribution is 5.80. The third-order valence-corrected chi connectivity index (χ3v) is 5.87. The Labute approximate surface area is 176 Å². The number of methoxy groups -OCH3 is 1. The zero-order valence-electron chi connectivity index (χ0n) is 18.5. The number of hydrogen-bond donors (Lipinski definition) is 1. The summed E-state index contributed by atoms with van der Waals surface area (Å²) in [6, 6.07) is 6.92. The van der Waals surface area contributed by atoms with Crippen molar-refractivity contribution in [3.8, 4) is 11.5 Å². The fourth-order valence-corrected chi connectivity index (χ4v) is 4.38. The topological polar surface area (TPSA) is 49.3 Å². The van der Waals surface area contributed by atoms with Crippen LogP contribution in [0.15, 0.2) is 23.2 Å². The number of nitrogens with zero attached hydrogens (tertiary/aromatic N) is 3. The van der Waals surface area contributed by atoms with Crippen LogP contribution in [0.5, 0.6) is 11.5 Å². The van der Waals surface area contributed by atoms with Crippen LogP contribution in [0.2, 0.25) is 0 Å². The second-order valence-corrected chi connectivity index (χ2v) is 7.89. The van der Waals surface area contributed by atoms with E-state index in [9.17, 15) is 0 Å². The Balaban J connectivity index is 1.51. The van der Waals surface area contributed by atoms with Crippen LogP contribution in [0.1, 0.15) is 45.1 Å². The van der Waals surface area contributed by atoms with E-state index in [0.29, 0.717) is 12.6 Å². The molecule has 2 heterocycles. The van der Waals surface area contributed by atoms with Gasteiger partial charge in [0.2, 0.25) is 0 Å². The molecule has 0 aromatic heterocycles. The lowest BCUT2D eigenvalue weighted by Crippen LogP contribution is -2.42. The van der Waals surface area contributed by atoms with Gasteiger partial charge in [-0.1, -0.05) is 6.07 Å². The van der Waals surface area contributed by atoms with E-state index >= 15 is 0 Å². The molecule has 0 spiro atoms. The van der Waals surface area contributed by atoms with Crippen molar-refractivity contribution >= 4 is 5.96 Å². The van der Waals surface area contributed by atoms with E-state index < -0.39 is 0 Å². The number of guanidine groups is 1. The summed E-state index contributed by atoms with van der Waals surface area (Å²) < 4.78 is 11.1. The first-order valence-corrected chi connectivity index (χ1v) is 11.3. The average Bonchev–Trinajstić information content (AvgIpc) is 3.42. The van der Waals surface area contributed by atoms with E-state index in [4.69, 9.17) is 14.5 Å². The highest BCUT2D eigenvalue weighted by Crippen LogP contribution is 2.28. The maximum absolute atomic E-state index is 5.69. The molecule has 29 heavy (non-hydrogen) atoms. The van der Waals surface area contributed by atoms with Crippen LogP contribution < -0.4 is 14.8 Å². The molecule has 162 valence electrons. The monoisotopic (exact) mass is 402 g/mol. The molecule has 1 N–H and O–H groups in total. The molecule has 2 aliphatic heterocycles. The normalized spacial score (nSPS) is 20.3. The number of rotatable bonds is 9. The molecule has 6 heteroatoms. The molecule has 2 aliphatic rings. The minimum atomic E-state index is 0.643. The first-order valence-electron chi connectivity index (χ1n) is 11.3. The molecule has 0 saturated carbocycles. The first kappa shape index (κ1) is 21.8. The third-order valence-electron chi connectivity index (χ3n) is 5.87. The van der Waals surface area contributed by atoms with Gasteiger partial charge in [0.1, 0.15) is 0 Å². The van der Waals surface area contributed by atoms with Crippen LogP contribution in [0.25, 0.3) is 0 Å². The van der Waals surface area contributed by atoms with Gasteiger partial charge in [0, 0.05) is 32.2 Å². The van der Waals surface area contributed by atoms with E-state index in [1.54, 1.807) is 7.11 Å². The Morgan fingerprint density at radius 2 is 2.00 bits per heavy atom. The number of aliphatic imine (C=N–C) groups is 1. The van der Waals surface area contributed by atoms with Crippen LogP contribution >= 0.6 is 0 Å². The highest BCUT2D eigenvalue weighted by atomic mass is 16.5. The van der Waals surface area contributed by atoms with E-state index in [-0.39, 0.29) is 0 Å². The Kier molecular flexibility index (Phi) is 8.47. The molecule has 2 fully saturated rings. The summed E-state index contributed by atoms with van der Waals surface area (Å²) in [7, 11) is 1.68. The molecule has 3 rings (SSSR count). The van der Waals surface area contributed by atoms with Gasteiger partial charge in [0.15, 0.2) is 17.5 Å². The van der Waals surface area contributed by atoms with Gasteiger partial charge in [-0.2, -0.15) is 0 Å². The summed E-state index contributed by atoms with van der Waals surface area (Å²) in [5, 5.41) is 3.50. The fourth-order valence-electron chi connectivity index (χ4n) is 4.38. The smallest absolute Gasteiger partial charge is 0.193 e. The van der Waals surface area contributed by atoms with Crippen LogP contribution in [0, 0.1) is 0 Å². The van der Waals surface area contributed by atoms with Gasteiger partial charge in [0.25, 0.3) is 0 Å². The fraction of sp³-hybridized carbons (Fsp3) is 0.696. The molecule has 1 unspecified atom stereocenters. The van der Waals surface area contributed by atoms with Crippen molar-refractivity contribution in [2.75, 3.05) is 53.0 Å². The van der Waals surface area contributed by atoms with Crippen molar-refractivity contribution in [3.63, 3.8) is 0 Å². The minimum absolute atomic E-state index is 0.643. The molecule has 1 atom stereocenters. The van der Waals surface area contributed by atoms with Crippen molar-refractivity contribution in [1.82, 2.24) is 15.1 Å². The van der Waals surface area contributed by atoms with Crippen molar-refractivity contribution in [1.29, 1.82) is 0 Å². The molecule has 0 aliphatic carbocycles. The summed E-state index contributed by atoms with van der Waals surface area (Å²) in [5.41, 5.74) is 1.27. The van der Waals surface area contributed by atoms with Gasteiger partial charge >= 0.3 is 0 Å². The maximum Gasteiger partial charge on any atom is 0.193 e. The minimum Gasteiger partial charge on any atom is -0.493 e. The predicted octanol–water partition coefficient (Wildman–Crippen LogP) is 3.16. The summed E-state index contributed by atoms with van der Waals surface area (Å²) in [6.45, 7) is 11.3. The quantitative estimate of drug-likeness (QED) is 0.391. The number of likely N-dealkylation sites (tertiary alicyclic amines) is 2. The number of nitrogens with one attached hydrogen (secondary N) is 1. The number of hydrogen-bond acceptors (Lipinski definition) is 4. The first-order chi connectivity index (χ1) is 14.2. The molecule has 2 saturated heterocycles. The van der Waals surface area contributed by atoms with Gasteiger partial charge < -0.3 is 19.7 Å². The second-order valence-electron chi connectivity index (χ2n) is 7.89. The molecule has 0 amide bonds. The highest BCUT2D eigenvalue weighted by Gasteiger charge is 2.30. The SMILES string of the molecule is CCNC(=NCCCc1ccc(OC)c(OCC)c1)N1CCC(N2CCCC2)C1. The molecule has 1 aromatic rings. The zero-order valence-corrected chi connectivity index (χ0v) is 18.5. The van der Waals surface area contributed by atoms with E-state index in [1.807, 2.05) is 13.0 Å². The van der Waals surface area contributed by atoms with Crippen LogP contribution in [-0.4, -0.2) is 74.8 Å². The number of ether oxygens (including phenoxy) is 2. The summed E-state index contributed by atoms with van der Waals surface area (Å²) in [4.78, 5) is 10.0. The largest absolute Gasteiger partial charge is 0.493 e. The second kappa shape index (κ2) is 11.3. The summed E-state index contributed by atoms with van der Waals surface area (Å²) in [5.74, 6) is 2.71. The lowest BCUT2D eigenvalue weighted by Gasteiger charge is -2.25. The van der Waals surface area contributed by atoms with Gasteiger partial charge in [0.05, 0.1) is 13.7 Å². The molecule has 1 aromatic carbocycles. The molecular weight excluding hydrogens is 364 g/mol. The van der Waals surface area contributed by atoms with Crippen LogP contribution in [0.4, 0.5) is 0 Å². The molecule has 6 nitrogen and oxygen atoms in total. The van der Waals surface area contributed by atoms with E-state index in [0.717, 1.165) is 56.5 Å². The summed E-state index contributed by atoms with van der Waals surface area (Å²) in [6.07, 6.45) is 6.00. The van der Waals surface area contributed by atoms with Gasteiger partial charge in [-0.15, -0.1) is 0 Å². The van der Waals surface area contributed by atoms with Crippen LogP contribution in [0.3, 0.4) is 0 Å². The molecule has 0 bridgehead atoms. The lowest BCUT2D eigenvalue weighted by atomic mass is 10.1. The Bertz CT molecular complexity index is 658. The van der Waals surface area contributed by atoms with Crippen molar-refractivity contribution in [2.45, 2.75) is 52.0 Å². The lowest BCUT2D eigenvalue weighted by molar-refractivity contribution is 0.249. The van der Waals surface area contributed by atoms with Crippen LogP contribution in [-0.2, 0) is 6.42 Å². The Hall–Kier alpha value is -1.95. The number of benzene rings is 1. The summed E-state index contributed by atoms with van der Waals surface area (Å²) >= 11 is 0. The van der Waals surface area contributed by atoms with Gasteiger partial charge in [-0.05, 0) is 76.7 Å². The Morgan fingerprint density at radius 3 is 2.72 bits per heavy atom. The Morgan fingerprint density at radius 1 is 1.17 bits per heavy atom. The predicted molar refractivity (Wildman–Crippen MR) is 119 cm³/mol. The van der Waals surface area contributed by atoms with Gasteiger partial charge in [-0.25, -0.2) is 0 Å². The van der Waals surface area contributed by atoms with Gasteiger partial charge in [-0.3, -0.25) is 9.89 Å². The average molecular weight is 403 g/mol. The zero-order chi connectivity index (χ0) is 20.5. The standard InChI is InChI=1S/C23H38N4O2/c1-4-24-23(27-16-12-20(18-27)26-14-6-7-15-26)25-13-8-9-19-10-11-21(28-3)22(17-19)29-5-2/h10-11,17,20H,4-9,12-16,18H2,1-3H3,(H,24,25). The third kappa shape index (κ3) is 6.01. The van der Waals surface area contributed by atoms with E-state index in [1.165, 1.54) is 37.9 Å². The van der Waals surface area contributed by atoms with Crippen molar-refractivity contribution in [3.05, 3.63) is 23.8 Å². The molecular formula is C23H38N4O2. The van der Waals surface area contributed by atoms with Crippen molar-refractivity contribution < 1.29 is 9.47 Å².